The molecule has 0 fully saturated rings. The van der Waals surface area contributed by atoms with E-state index in [0.717, 1.165) is 20.3 Å². The highest BCUT2D eigenvalue weighted by atomic mass is 79.9. The van der Waals surface area contributed by atoms with Gasteiger partial charge in [0, 0.05) is 15.1 Å². The lowest BCUT2D eigenvalue weighted by Crippen LogP contribution is -1.96. The topological polar surface area (TPSA) is 17.8 Å². The summed E-state index contributed by atoms with van der Waals surface area (Å²) in [4.78, 5) is 0. The van der Waals surface area contributed by atoms with Gasteiger partial charge < -0.3 is 0 Å². The molecule has 0 atom stereocenters. The van der Waals surface area contributed by atoms with E-state index in [-0.39, 0.29) is 0 Å². The summed E-state index contributed by atoms with van der Waals surface area (Å²) in [5.74, 6) is 0. The zero-order chi connectivity index (χ0) is 10.1. The fourth-order valence-electron chi connectivity index (χ4n) is 1.21. The van der Waals surface area contributed by atoms with Crippen LogP contribution in [0.2, 0.25) is 0 Å². The van der Waals surface area contributed by atoms with Crippen LogP contribution in [0.3, 0.4) is 0 Å². The van der Waals surface area contributed by atoms with Crippen molar-refractivity contribution in [2.24, 2.45) is 0 Å². The van der Waals surface area contributed by atoms with E-state index >= 15 is 0 Å². The number of aromatic nitrogens is 2. The van der Waals surface area contributed by atoms with Crippen molar-refractivity contribution in [2.75, 3.05) is 0 Å². The van der Waals surface area contributed by atoms with Gasteiger partial charge in [0.25, 0.3) is 0 Å². The minimum Gasteiger partial charge on any atom is -0.240 e. The summed E-state index contributed by atoms with van der Waals surface area (Å²) in [6.07, 6.45) is 1.95. The smallest absolute Gasteiger partial charge is 0.0798 e. The highest BCUT2D eigenvalue weighted by Crippen LogP contribution is 2.24. The molecule has 4 heteroatoms. The molecule has 0 aliphatic heterocycles. The lowest BCUT2D eigenvalue weighted by Gasteiger charge is -2.04. The van der Waals surface area contributed by atoms with Gasteiger partial charge >= 0.3 is 0 Å². The van der Waals surface area contributed by atoms with Crippen molar-refractivity contribution in [2.45, 2.75) is 6.92 Å². The van der Waals surface area contributed by atoms with Crippen molar-refractivity contribution in [3.05, 3.63) is 45.1 Å². The molecular weight excluding hydrogens is 308 g/mol. The maximum atomic E-state index is 4.35. The van der Waals surface area contributed by atoms with Gasteiger partial charge in [-0.2, -0.15) is 5.10 Å². The largest absolute Gasteiger partial charge is 0.240 e. The standard InChI is InChI=1S/C10H8Br2N2/c1-7-4-5-14(13-7)10-6-8(11)2-3-9(10)12/h2-6H,1H3. The number of nitrogens with zero attached hydrogens (tertiary/aromatic N) is 2. The molecule has 2 nitrogen and oxygen atoms in total. The highest BCUT2D eigenvalue weighted by molar-refractivity contribution is 9.11. The van der Waals surface area contributed by atoms with E-state index in [0.29, 0.717) is 0 Å². The first-order chi connectivity index (χ1) is 6.66. The first-order valence-corrected chi connectivity index (χ1v) is 5.73. The number of hydrogen-bond acceptors (Lipinski definition) is 1. The maximum Gasteiger partial charge on any atom is 0.0798 e. The second-order valence-electron chi connectivity index (χ2n) is 3.00. The lowest BCUT2D eigenvalue weighted by atomic mass is 10.3. The fourth-order valence-corrected chi connectivity index (χ4v) is 1.99. The van der Waals surface area contributed by atoms with Crippen molar-refractivity contribution in [1.29, 1.82) is 0 Å². The molecule has 0 aliphatic rings. The molecule has 0 amide bonds. The second kappa shape index (κ2) is 3.87. The van der Waals surface area contributed by atoms with E-state index in [2.05, 4.69) is 37.0 Å². The van der Waals surface area contributed by atoms with Crippen molar-refractivity contribution in [3.8, 4) is 5.69 Å². The average Bonchev–Trinajstić information content (AvgIpc) is 2.56. The molecule has 14 heavy (non-hydrogen) atoms. The molecule has 1 aromatic heterocycles. The zero-order valence-corrected chi connectivity index (χ0v) is 10.7. The van der Waals surface area contributed by atoms with Crippen LogP contribution in [0.15, 0.2) is 39.4 Å². The summed E-state index contributed by atoms with van der Waals surface area (Å²) in [6.45, 7) is 1.97. The Hall–Kier alpha value is -0.610. The molecule has 0 radical (unpaired) electrons. The van der Waals surface area contributed by atoms with Gasteiger partial charge in [-0.05, 0) is 47.1 Å². The van der Waals surface area contributed by atoms with Gasteiger partial charge in [0.2, 0.25) is 0 Å². The van der Waals surface area contributed by atoms with Crippen LogP contribution in [0.5, 0.6) is 0 Å². The van der Waals surface area contributed by atoms with Crippen LogP contribution in [0.25, 0.3) is 5.69 Å². The third-order valence-corrected chi connectivity index (χ3v) is 3.04. The van der Waals surface area contributed by atoms with E-state index in [9.17, 15) is 0 Å². The van der Waals surface area contributed by atoms with Gasteiger partial charge in [-0.3, -0.25) is 0 Å². The number of halogens is 2. The second-order valence-corrected chi connectivity index (χ2v) is 4.77. The van der Waals surface area contributed by atoms with Gasteiger partial charge in [-0.25, -0.2) is 4.68 Å². The number of aryl methyl sites for hydroxylation is 1. The average molecular weight is 316 g/mol. The molecular formula is C10H8Br2N2. The molecule has 1 heterocycles. The maximum absolute atomic E-state index is 4.35. The van der Waals surface area contributed by atoms with Crippen LogP contribution >= 0.6 is 31.9 Å². The van der Waals surface area contributed by atoms with Crippen LogP contribution in [-0.2, 0) is 0 Å². The normalized spacial score (nSPS) is 10.5. The van der Waals surface area contributed by atoms with Gasteiger partial charge in [0.05, 0.1) is 11.4 Å². The molecule has 1 aromatic carbocycles. The Bertz CT molecular complexity index is 463. The Labute approximate surface area is 99.2 Å². The molecule has 2 aromatic rings. The van der Waals surface area contributed by atoms with Gasteiger partial charge in [-0.15, -0.1) is 0 Å². The molecule has 0 saturated heterocycles. The van der Waals surface area contributed by atoms with Crippen molar-refractivity contribution >= 4 is 31.9 Å². The first-order valence-electron chi connectivity index (χ1n) is 4.14. The SMILES string of the molecule is Cc1ccn(-c2cc(Br)ccc2Br)n1. The lowest BCUT2D eigenvalue weighted by molar-refractivity contribution is 0.858. The van der Waals surface area contributed by atoms with E-state index < -0.39 is 0 Å². The summed E-state index contributed by atoms with van der Waals surface area (Å²) in [6, 6.07) is 7.99. The van der Waals surface area contributed by atoms with Crippen LogP contribution in [-0.4, -0.2) is 9.78 Å². The third-order valence-electron chi connectivity index (χ3n) is 1.88. The van der Waals surface area contributed by atoms with Gasteiger partial charge in [-0.1, -0.05) is 15.9 Å². The quantitative estimate of drug-likeness (QED) is 0.784. The molecule has 0 unspecified atom stereocenters. The van der Waals surface area contributed by atoms with E-state index in [4.69, 9.17) is 0 Å². The molecule has 0 N–H and O–H groups in total. The van der Waals surface area contributed by atoms with Crippen molar-refractivity contribution in [1.82, 2.24) is 9.78 Å². The molecule has 72 valence electrons. The van der Waals surface area contributed by atoms with Crippen LogP contribution in [0.4, 0.5) is 0 Å². The van der Waals surface area contributed by atoms with E-state index in [1.807, 2.05) is 42.1 Å². The molecule has 0 bridgehead atoms. The number of hydrogen-bond donors (Lipinski definition) is 0. The summed E-state index contributed by atoms with van der Waals surface area (Å²) in [7, 11) is 0. The Morgan fingerprint density at radius 1 is 1.21 bits per heavy atom. The van der Waals surface area contributed by atoms with Gasteiger partial charge in [0.15, 0.2) is 0 Å². The predicted molar refractivity (Wildman–Crippen MR) is 63.7 cm³/mol. The minimum absolute atomic E-state index is 1.01. The molecule has 0 saturated carbocycles. The summed E-state index contributed by atoms with van der Waals surface area (Å²) in [5, 5.41) is 4.35. The molecule has 0 spiro atoms. The molecule has 2 rings (SSSR count). The Morgan fingerprint density at radius 2 is 2.00 bits per heavy atom. The summed E-state index contributed by atoms with van der Waals surface area (Å²) >= 11 is 6.93. The first kappa shape index (κ1) is 9.93. The zero-order valence-electron chi connectivity index (χ0n) is 7.54. The number of benzene rings is 1. The minimum atomic E-state index is 1.01. The van der Waals surface area contributed by atoms with Gasteiger partial charge in [0.1, 0.15) is 0 Å². The van der Waals surface area contributed by atoms with Crippen LogP contribution < -0.4 is 0 Å². The van der Waals surface area contributed by atoms with E-state index in [1.165, 1.54) is 0 Å². The number of rotatable bonds is 1. The predicted octanol–water partition coefficient (Wildman–Crippen LogP) is 3.71. The Morgan fingerprint density at radius 3 is 2.64 bits per heavy atom. The third kappa shape index (κ3) is 1.91. The highest BCUT2D eigenvalue weighted by Gasteiger charge is 2.03. The fraction of sp³-hybridized carbons (Fsp3) is 0.100. The van der Waals surface area contributed by atoms with Crippen molar-refractivity contribution in [3.63, 3.8) is 0 Å². The molecule has 0 aliphatic carbocycles. The Kier molecular flexibility index (Phi) is 2.74. The monoisotopic (exact) mass is 314 g/mol. The van der Waals surface area contributed by atoms with E-state index in [1.54, 1.807) is 0 Å². The van der Waals surface area contributed by atoms with Crippen LogP contribution in [0.1, 0.15) is 5.69 Å². The Balaban J connectivity index is 2.55. The summed E-state index contributed by atoms with van der Waals surface area (Å²) < 4.78 is 3.93. The van der Waals surface area contributed by atoms with Crippen LogP contribution in [0, 0.1) is 6.92 Å². The van der Waals surface area contributed by atoms with Crippen molar-refractivity contribution < 1.29 is 0 Å². The summed E-state index contributed by atoms with van der Waals surface area (Å²) in [5.41, 5.74) is 2.05.